The molecule has 0 saturated heterocycles. The van der Waals surface area contributed by atoms with E-state index in [1.165, 1.54) is 22.3 Å². The van der Waals surface area contributed by atoms with Gasteiger partial charge in [0.1, 0.15) is 0 Å². The topological polar surface area (TPSA) is 49.3 Å². The summed E-state index contributed by atoms with van der Waals surface area (Å²) in [7, 11) is 0. The molecule has 0 fully saturated rings. The molecule has 1 aromatic rings. The Labute approximate surface area is 116 Å². The van der Waals surface area contributed by atoms with Crippen molar-refractivity contribution in [2.75, 3.05) is 13.1 Å². The van der Waals surface area contributed by atoms with E-state index in [1.54, 1.807) is 0 Å². The van der Waals surface area contributed by atoms with Crippen LogP contribution >= 0.6 is 0 Å². The summed E-state index contributed by atoms with van der Waals surface area (Å²) in [5, 5.41) is 11.9. The highest BCUT2D eigenvalue weighted by molar-refractivity contribution is 5.66. The molecule has 3 heteroatoms. The highest BCUT2D eigenvalue weighted by Gasteiger charge is 2.22. The lowest BCUT2D eigenvalue weighted by atomic mass is 9.80. The SMILES string of the molecule is Cc1cc(C)c(C(C)(C)CNCCC(=O)O)cc1C. The zero-order valence-electron chi connectivity index (χ0n) is 12.6. The van der Waals surface area contributed by atoms with E-state index in [0.29, 0.717) is 6.54 Å². The third kappa shape index (κ3) is 4.35. The number of carbonyl (C=O) groups is 1. The summed E-state index contributed by atoms with van der Waals surface area (Å²) >= 11 is 0. The first-order valence-corrected chi connectivity index (χ1v) is 6.75. The zero-order valence-corrected chi connectivity index (χ0v) is 12.6. The standard InChI is InChI=1S/C16H25NO2/c1-11-8-13(3)14(9-12(11)2)16(4,5)10-17-7-6-15(18)19/h8-9,17H,6-7,10H2,1-5H3,(H,18,19). The van der Waals surface area contributed by atoms with Crippen molar-refractivity contribution in [3.63, 3.8) is 0 Å². The van der Waals surface area contributed by atoms with Gasteiger partial charge in [0, 0.05) is 18.5 Å². The second kappa shape index (κ2) is 6.20. The fourth-order valence-electron chi connectivity index (χ4n) is 2.38. The van der Waals surface area contributed by atoms with Crippen molar-refractivity contribution < 1.29 is 9.90 Å². The van der Waals surface area contributed by atoms with Crippen LogP contribution in [0, 0.1) is 20.8 Å². The van der Waals surface area contributed by atoms with E-state index >= 15 is 0 Å². The fourth-order valence-corrected chi connectivity index (χ4v) is 2.38. The van der Waals surface area contributed by atoms with Crippen LogP contribution in [-0.4, -0.2) is 24.2 Å². The molecule has 0 radical (unpaired) electrons. The van der Waals surface area contributed by atoms with Gasteiger partial charge < -0.3 is 10.4 Å². The van der Waals surface area contributed by atoms with Crippen molar-refractivity contribution in [3.05, 3.63) is 34.4 Å². The van der Waals surface area contributed by atoms with Crippen molar-refractivity contribution in [1.82, 2.24) is 5.32 Å². The molecule has 0 aliphatic carbocycles. The fraction of sp³-hybridized carbons (Fsp3) is 0.562. The molecule has 0 saturated carbocycles. The van der Waals surface area contributed by atoms with Gasteiger partial charge >= 0.3 is 5.97 Å². The van der Waals surface area contributed by atoms with Crippen LogP contribution in [-0.2, 0) is 10.2 Å². The second-order valence-corrected chi connectivity index (χ2v) is 5.96. The van der Waals surface area contributed by atoms with E-state index in [1.807, 2.05) is 0 Å². The third-order valence-electron chi connectivity index (χ3n) is 3.65. The lowest BCUT2D eigenvalue weighted by Gasteiger charge is -2.28. The van der Waals surface area contributed by atoms with Gasteiger partial charge in [-0.1, -0.05) is 26.0 Å². The molecule has 1 rings (SSSR count). The van der Waals surface area contributed by atoms with Gasteiger partial charge in [-0.3, -0.25) is 4.79 Å². The molecule has 0 heterocycles. The van der Waals surface area contributed by atoms with Gasteiger partial charge in [-0.05, 0) is 43.0 Å². The van der Waals surface area contributed by atoms with Crippen molar-refractivity contribution in [2.24, 2.45) is 0 Å². The number of hydrogen-bond donors (Lipinski definition) is 2. The lowest BCUT2D eigenvalue weighted by Crippen LogP contribution is -2.34. The second-order valence-electron chi connectivity index (χ2n) is 5.96. The molecule has 0 unspecified atom stereocenters. The van der Waals surface area contributed by atoms with E-state index in [0.717, 1.165) is 6.54 Å². The number of rotatable bonds is 6. The summed E-state index contributed by atoms with van der Waals surface area (Å²) in [5.74, 6) is -0.757. The summed E-state index contributed by atoms with van der Waals surface area (Å²) in [5.41, 5.74) is 5.25. The Morgan fingerprint density at radius 1 is 1.16 bits per heavy atom. The van der Waals surface area contributed by atoms with E-state index in [-0.39, 0.29) is 11.8 Å². The summed E-state index contributed by atoms with van der Waals surface area (Å²) in [6.07, 6.45) is 0.169. The monoisotopic (exact) mass is 263 g/mol. The first kappa shape index (κ1) is 15.7. The first-order chi connectivity index (χ1) is 8.74. The number of benzene rings is 1. The van der Waals surface area contributed by atoms with Crippen LogP contribution in [0.3, 0.4) is 0 Å². The molecule has 0 spiro atoms. The van der Waals surface area contributed by atoms with E-state index in [9.17, 15) is 4.79 Å². The molecule has 0 aromatic heterocycles. The van der Waals surface area contributed by atoms with Crippen LogP contribution in [0.2, 0.25) is 0 Å². The minimum Gasteiger partial charge on any atom is -0.481 e. The summed E-state index contributed by atoms with van der Waals surface area (Å²) < 4.78 is 0. The molecular weight excluding hydrogens is 238 g/mol. The minimum atomic E-state index is -0.757. The van der Waals surface area contributed by atoms with E-state index in [4.69, 9.17) is 5.11 Å². The number of carboxylic acid groups (broad SMARTS) is 1. The number of nitrogens with one attached hydrogen (secondary N) is 1. The van der Waals surface area contributed by atoms with Gasteiger partial charge in [0.05, 0.1) is 6.42 Å². The number of hydrogen-bond acceptors (Lipinski definition) is 2. The van der Waals surface area contributed by atoms with Gasteiger partial charge in [0.15, 0.2) is 0 Å². The Kier molecular flexibility index (Phi) is 5.12. The molecule has 0 bridgehead atoms. The van der Waals surface area contributed by atoms with Crippen LogP contribution in [0.1, 0.15) is 42.5 Å². The Hall–Kier alpha value is -1.35. The van der Waals surface area contributed by atoms with Gasteiger partial charge in [-0.15, -0.1) is 0 Å². The Morgan fingerprint density at radius 3 is 2.32 bits per heavy atom. The predicted octanol–water partition coefficient (Wildman–Crippen LogP) is 2.95. The Morgan fingerprint density at radius 2 is 1.74 bits per heavy atom. The number of aryl methyl sites for hydroxylation is 3. The molecule has 106 valence electrons. The molecule has 19 heavy (non-hydrogen) atoms. The Balaban J connectivity index is 2.76. The molecule has 3 nitrogen and oxygen atoms in total. The quantitative estimate of drug-likeness (QED) is 0.776. The van der Waals surface area contributed by atoms with Crippen molar-refractivity contribution in [2.45, 2.75) is 46.5 Å². The maximum atomic E-state index is 10.5. The summed E-state index contributed by atoms with van der Waals surface area (Å²) in [4.78, 5) is 10.5. The smallest absolute Gasteiger partial charge is 0.304 e. The highest BCUT2D eigenvalue weighted by Crippen LogP contribution is 2.28. The molecule has 0 aliphatic rings. The Bertz CT molecular complexity index is 464. The van der Waals surface area contributed by atoms with Crippen molar-refractivity contribution in [3.8, 4) is 0 Å². The predicted molar refractivity (Wildman–Crippen MR) is 78.8 cm³/mol. The average Bonchev–Trinajstić information content (AvgIpc) is 2.29. The van der Waals surface area contributed by atoms with Crippen LogP contribution in [0.25, 0.3) is 0 Å². The molecule has 2 N–H and O–H groups in total. The normalized spacial score (nSPS) is 11.6. The molecule has 0 amide bonds. The van der Waals surface area contributed by atoms with Gasteiger partial charge in [0.25, 0.3) is 0 Å². The first-order valence-electron chi connectivity index (χ1n) is 6.75. The molecule has 1 aromatic carbocycles. The van der Waals surface area contributed by atoms with Gasteiger partial charge in [0.2, 0.25) is 0 Å². The summed E-state index contributed by atoms with van der Waals surface area (Å²) in [6.45, 7) is 12.1. The largest absolute Gasteiger partial charge is 0.481 e. The highest BCUT2D eigenvalue weighted by atomic mass is 16.4. The van der Waals surface area contributed by atoms with Gasteiger partial charge in [-0.2, -0.15) is 0 Å². The van der Waals surface area contributed by atoms with E-state index < -0.39 is 5.97 Å². The maximum Gasteiger partial charge on any atom is 0.304 e. The third-order valence-corrected chi connectivity index (χ3v) is 3.65. The van der Waals surface area contributed by atoms with Gasteiger partial charge in [-0.25, -0.2) is 0 Å². The molecule has 0 aliphatic heterocycles. The van der Waals surface area contributed by atoms with E-state index in [2.05, 4.69) is 52.1 Å². The van der Waals surface area contributed by atoms with Crippen molar-refractivity contribution >= 4 is 5.97 Å². The van der Waals surface area contributed by atoms with Crippen molar-refractivity contribution in [1.29, 1.82) is 0 Å². The molecule has 0 atom stereocenters. The zero-order chi connectivity index (χ0) is 14.6. The van der Waals surface area contributed by atoms with Crippen LogP contribution in [0.5, 0.6) is 0 Å². The molecular formula is C16H25NO2. The average molecular weight is 263 g/mol. The van der Waals surface area contributed by atoms with Crippen LogP contribution < -0.4 is 5.32 Å². The number of carboxylic acids is 1. The number of aliphatic carboxylic acids is 1. The maximum absolute atomic E-state index is 10.5. The lowest BCUT2D eigenvalue weighted by molar-refractivity contribution is -0.136. The van der Waals surface area contributed by atoms with Crippen LogP contribution in [0.15, 0.2) is 12.1 Å². The summed E-state index contributed by atoms with van der Waals surface area (Å²) in [6, 6.07) is 4.48. The minimum absolute atomic E-state index is 0.00104. The van der Waals surface area contributed by atoms with Crippen LogP contribution in [0.4, 0.5) is 0 Å².